The number of rotatable bonds is 4. The van der Waals surface area contributed by atoms with Crippen LogP contribution in [0.1, 0.15) is 10.4 Å². The van der Waals surface area contributed by atoms with E-state index in [4.69, 9.17) is 23.2 Å². The van der Waals surface area contributed by atoms with E-state index in [1.165, 1.54) is 6.07 Å². The smallest absolute Gasteiger partial charge is 0.337 e. The summed E-state index contributed by atoms with van der Waals surface area (Å²) in [4.78, 5) is 20.3. The molecule has 5 nitrogen and oxygen atoms in total. The molecule has 0 atom stereocenters. The molecule has 4 aromatic rings. The molecule has 2 heterocycles. The monoisotopic (exact) mass is 409 g/mol. The van der Waals surface area contributed by atoms with Gasteiger partial charge in [-0.1, -0.05) is 23.2 Å². The molecular weight excluding hydrogens is 397 g/mol. The van der Waals surface area contributed by atoms with Crippen LogP contribution in [0, 0.1) is 0 Å². The molecule has 0 spiro atoms. The molecule has 0 saturated heterocycles. The number of anilines is 2. The van der Waals surface area contributed by atoms with E-state index in [2.05, 4.69) is 15.3 Å². The fourth-order valence-corrected chi connectivity index (χ4v) is 3.33. The SMILES string of the molecule is O=C(O)c1cc(Cl)ccc1Nc1c(-c2ccncc2)cnc2ccc(Cl)cc12. The maximum atomic E-state index is 11.7. The van der Waals surface area contributed by atoms with Crippen molar-refractivity contribution in [3.05, 3.63) is 82.7 Å². The molecule has 0 aliphatic rings. The van der Waals surface area contributed by atoms with Crippen molar-refractivity contribution in [2.24, 2.45) is 0 Å². The molecule has 4 rings (SSSR count). The zero-order chi connectivity index (χ0) is 19.7. The Kier molecular flexibility index (Phi) is 4.86. The molecule has 2 aromatic carbocycles. The summed E-state index contributed by atoms with van der Waals surface area (Å²) in [6.45, 7) is 0. The average Bonchev–Trinajstić information content (AvgIpc) is 2.70. The van der Waals surface area contributed by atoms with Gasteiger partial charge in [0.15, 0.2) is 0 Å². The van der Waals surface area contributed by atoms with Gasteiger partial charge in [0.05, 0.1) is 22.5 Å². The molecule has 0 unspecified atom stereocenters. The van der Waals surface area contributed by atoms with Gasteiger partial charge in [0.1, 0.15) is 0 Å². The molecule has 0 bridgehead atoms. The lowest BCUT2D eigenvalue weighted by molar-refractivity contribution is 0.0698. The van der Waals surface area contributed by atoms with Gasteiger partial charge in [-0.05, 0) is 54.1 Å². The number of aromatic carboxylic acids is 1. The first-order valence-electron chi connectivity index (χ1n) is 8.31. The highest BCUT2D eigenvalue weighted by atomic mass is 35.5. The topological polar surface area (TPSA) is 75.1 Å². The van der Waals surface area contributed by atoms with E-state index in [0.29, 0.717) is 21.4 Å². The van der Waals surface area contributed by atoms with E-state index in [1.54, 1.807) is 42.9 Å². The van der Waals surface area contributed by atoms with Gasteiger partial charge in [0, 0.05) is 39.6 Å². The summed E-state index contributed by atoms with van der Waals surface area (Å²) < 4.78 is 0. The summed E-state index contributed by atoms with van der Waals surface area (Å²) in [5, 5.41) is 14.5. The largest absolute Gasteiger partial charge is 0.478 e. The third-order valence-corrected chi connectivity index (χ3v) is 4.76. The lowest BCUT2D eigenvalue weighted by Gasteiger charge is -2.17. The quantitative estimate of drug-likeness (QED) is 0.429. The second kappa shape index (κ2) is 7.46. The minimum Gasteiger partial charge on any atom is -0.478 e. The van der Waals surface area contributed by atoms with Gasteiger partial charge in [0.25, 0.3) is 0 Å². The second-order valence-electron chi connectivity index (χ2n) is 6.06. The first-order chi connectivity index (χ1) is 13.5. The summed E-state index contributed by atoms with van der Waals surface area (Å²) in [6.07, 6.45) is 5.11. The molecule has 2 N–H and O–H groups in total. The summed E-state index contributed by atoms with van der Waals surface area (Å²) >= 11 is 12.2. The first kappa shape index (κ1) is 18.2. The number of benzene rings is 2. The molecule has 138 valence electrons. The molecule has 7 heteroatoms. The number of hydrogen-bond acceptors (Lipinski definition) is 4. The molecule has 2 aromatic heterocycles. The Morgan fingerprint density at radius 2 is 1.68 bits per heavy atom. The van der Waals surface area contributed by atoms with Crippen molar-refractivity contribution in [1.82, 2.24) is 9.97 Å². The maximum Gasteiger partial charge on any atom is 0.337 e. The van der Waals surface area contributed by atoms with E-state index in [0.717, 1.165) is 22.0 Å². The fourth-order valence-electron chi connectivity index (χ4n) is 2.99. The van der Waals surface area contributed by atoms with Crippen LogP contribution in [0.3, 0.4) is 0 Å². The highest BCUT2D eigenvalue weighted by Gasteiger charge is 2.16. The summed E-state index contributed by atoms with van der Waals surface area (Å²) in [5.41, 5.74) is 3.60. The Labute approximate surface area is 170 Å². The number of carbonyl (C=O) groups is 1. The minimum absolute atomic E-state index is 0.0696. The molecule has 0 amide bonds. The number of nitrogens with one attached hydrogen (secondary N) is 1. The lowest BCUT2D eigenvalue weighted by Crippen LogP contribution is -2.04. The van der Waals surface area contributed by atoms with E-state index < -0.39 is 5.97 Å². The molecule has 0 saturated carbocycles. The van der Waals surface area contributed by atoms with E-state index in [9.17, 15) is 9.90 Å². The van der Waals surface area contributed by atoms with Crippen LogP contribution in [0.4, 0.5) is 11.4 Å². The molecule has 0 radical (unpaired) electrons. The van der Waals surface area contributed by atoms with E-state index in [-0.39, 0.29) is 5.56 Å². The molecule has 0 aliphatic carbocycles. The van der Waals surface area contributed by atoms with Crippen LogP contribution < -0.4 is 5.32 Å². The van der Waals surface area contributed by atoms with Crippen LogP contribution in [0.2, 0.25) is 10.0 Å². The van der Waals surface area contributed by atoms with Crippen molar-refractivity contribution < 1.29 is 9.90 Å². The fraction of sp³-hybridized carbons (Fsp3) is 0. The van der Waals surface area contributed by atoms with Gasteiger partial charge < -0.3 is 10.4 Å². The maximum absolute atomic E-state index is 11.7. The highest BCUT2D eigenvalue weighted by molar-refractivity contribution is 6.32. The van der Waals surface area contributed by atoms with Crippen LogP contribution in [0.15, 0.2) is 67.1 Å². The number of hydrogen-bond donors (Lipinski definition) is 2. The third kappa shape index (κ3) is 3.50. The number of aromatic nitrogens is 2. The number of carboxylic acid groups (broad SMARTS) is 1. The predicted molar refractivity (Wildman–Crippen MR) is 112 cm³/mol. The van der Waals surface area contributed by atoms with E-state index >= 15 is 0 Å². The predicted octanol–water partition coefficient (Wildman–Crippen LogP) is 6.05. The number of pyridine rings is 2. The zero-order valence-electron chi connectivity index (χ0n) is 14.4. The molecular formula is C21H13Cl2N3O2. The zero-order valence-corrected chi connectivity index (χ0v) is 15.9. The Morgan fingerprint density at radius 1 is 0.964 bits per heavy atom. The van der Waals surface area contributed by atoms with Crippen molar-refractivity contribution in [3.8, 4) is 11.1 Å². The minimum atomic E-state index is -1.08. The van der Waals surface area contributed by atoms with Crippen LogP contribution in [0.25, 0.3) is 22.0 Å². The number of fused-ring (bicyclic) bond motifs is 1. The first-order valence-corrected chi connectivity index (χ1v) is 9.07. The van der Waals surface area contributed by atoms with Crippen LogP contribution in [-0.2, 0) is 0 Å². The Bertz CT molecular complexity index is 1200. The third-order valence-electron chi connectivity index (χ3n) is 4.29. The summed E-state index contributed by atoms with van der Waals surface area (Å²) in [7, 11) is 0. The van der Waals surface area contributed by atoms with Gasteiger partial charge in [-0.3, -0.25) is 9.97 Å². The van der Waals surface area contributed by atoms with Crippen LogP contribution >= 0.6 is 23.2 Å². The Morgan fingerprint density at radius 3 is 2.43 bits per heavy atom. The van der Waals surface area contributed by atoms with Gasteiger partial charge in [0.2, 0.25) is 0 Å². The van der Waals surface area contributed by atoms with Crippen molar-refractivity contribution in [2.45, 2.75) is 0 Å². The highest BCUT2D eigenvalue weighted by Crippen LogP contribution is 2.37. The van der Waals surface area contributed by atoms with Crippen molar-refractivity contribution >= 4 is 51.4 Å². The molecule has 0 aliphatic heterocycles. The summed E-state index contributed by atoms with van der Waals surface area (Å²) in [5.74, 6) is -1.08. The lowest BCUT2D eigenvalue weighted by atomic mass is 10.0. The van der Waals surface area contributed by atoms with Crippen molar-refractivity contribution in [1.29, 1.82) is 0 Å². The Balaban J connectivity index is 1.97. The summed E-state index contributed by atoms with van der Waals surface area (Å²) in [6, 6.07) is 13.8. The molecule has 0 fully saturated rings. The number of nitrogens with zero attached hydrogens (tertiary/aromatic N) is 2. The van der Waals surface area contributed by atoms with Gasteiger partial charge in [-0.15, -0.1) is 0 Å². The van der Waals surface area contributed by atoms with Gasteiger partial charge in [-0.25, -0.2) is 4.79 Å². The van der Waals surface area contributed by atoms with Gasteiger partial charge in [-0.2, -0.15) is 0 Å². The van der Waals surface area contributed by atoms with Crippen molar-refractivity contribution in [2.75, 3.05) is 5.32 Å². The van der Waals surface area contributed by atoms with Crippen molar-refractivity contribution in [3.63, 3.8) is 0 Å². The van der Waals surface area contributed by atoms with Crippen LogP contribution in [0.5, 0.6) is 0 Å². The van der Waals surface area contributed by atoms with Crippen LogP contribution in [-0.4, -0.2) is 21.0 Å². The second-order valence-corrected chi connectivity index (χ2v) is 6.94. The van der Waals surface area contributed by atoms with Gasteiger partial charge >= 0.3 is 5.97 Å². The van der Waals surface area contributed by atoms with E-state index in [1.807, 2.05) is 18.2 Å². The average molecular weight is 410 g/mol. The standard InChI is InChI=1S/C21H13Cl2N3O2/c22-13-1-3-18-15(9-13)20(17(11-25-18)12-5-7-24-8-6-12)26-19-4-2-14(23)10-16(19)21(27)28/h1-11H,(H,25,26)(H,27,28). The number of halogens is 2. The molecule has 28 heavy (non-hydrogen) atoms. The Hall–Kier alpha value is -3.15. The normalized spacial score (nSPS) is 10.8. The number of carboxylic acids is 1.